The van der Waals surface area contributed by atoms with Crippen molar-refractivity contribution >= 4 is 11.7 Å². The number of nitro benzene ring substituents is 1. The molecule has 1 aromatic carbocycles. The van der Waals surface area contributed by atoms with E-state index in [-0.39, 0.29) is 17.0 Å². The van der Waals surface area contributed by atoms with Gasteiger partial charge in [0.1, 0.15) is 11.2 Å². The SMILES string of the molecule is CC(C)(C)OC(=O)c1ccc(OC(C)(C)C)c([N+](=O)[O-])c1. The highest BCUT2D eigenvalue weighted by Gasteiger charge is 2.25. The van der Waals surface area contributed by atoms with Gasteiger partial charge < -0.3 is 9.47 Å². The average molecular weight is 295 g/mol. The van der Waals surface area contributed by atoms with Gasteiger partial charge in [0.25, 0.3) is 0 Å². The fourth-order valence-corrected chi connectivity index (χ4v) is 1.54. The zero-order valence-electron chi connectivity index (χ0n) is 13.2. The summed E-state index contributed by atoms with van der Waals surface area (Å²) in [7, 11) is 0. The van der Waals surface area contributed by atoms with Crippen LogP contribution in [0.3, 0.4) is 0 Å². The van der Waals surface area contributed by atoms with Crippen LogP contribution < -0.4 is 4.74 Å². The number of carbonyl (C=O) groups excluding carboxylic acids is 1. The Bertz CT molecular complexity index is 552. The van der Waals surface area contributed by atoms with E-state index in [0.29, 0.717) is 0 Å². The summed E-state index contributed by atoms with van der Waals surface area (Å²) < 4.78 is 10.7. The van der Waals surface area contributed by atoms with Crippen molar-refractivity contribution in [1.82, 2.24) is 0 Å². The highest BCUT2D eigenvalue weighted by Crippen LogP contribution is 2.31. The number of nitrogens with zero attached hydrogens (tertiary/aromatic N) is 1. The molecule has 116 valence electrons. The van der Waals surface area contributed by atoms with Crippen LogP contribution >= 0.6 is 0 Å². The van der Waals surface area contributed by atoms with E-state index in [1.807, 2.05) is 0 Å². The maximum Gasteiger partial charge on any atom is 0.338 e. The highest BCUT2D eigenvalue weighted by atomic mass is 16.6. The third-order valence-electron chi connectivity index (χ3n) is 2.21. The molecule has 0 amide bonds. The first kappa shape index (κ1) is 16.9. The average Bonchev–Trinajstić information content (AvgIpc) is 2.24. The minimum absolute atomic E-state index is 0.123. The fourth-order valence-electron chi connectivity index (χ4n) is 1.54. The molecule has 6 heteroatoms. The minimum atomic E-state index is -0.660. The number of rotatable bonds is 3. The summed E-state index contributed by atoms with van der Waals surface area (Å²) >= 11 is 0. The Hall–Kier alpha value is -2.11. The lowest BCUT2D eigenvalue weighted by Crippen LogP contribution is -2.25. The number of hydrogen-bond donors (Lipinski definition) is 0. The van der Waals surface area contributed by atoms with Crippen LogP contribution in [0.4, 0.5) is 5.69 Å². The van der Waals surface area contributed by atoms with Gasteiger partial charge in [-0.25, -0.2) is 4.79 Å². The first-order valence-electron chi connectivity index (χ1n) is 6.60. The van der Waals surface area contributed by atoms with E-state index >= 15 is 0 Å². The molecule has 0 spiro atoms. The topological polar surface area (TPSA) is 78.7 Å². The number of esters is 1. The molecule has 0 unspecified atom stereocenters. The molecule has 0 bridgehead atoms. The Balaban J connectivity index is 3.15. The van der Waals surface area contributed by atoms with E-state index in [1.165, 1.54) is 18.2 Å². The van der Waals surface area contributed by atoms with Gasteiger partial charge in [0.2, 0.25) is 0 Å². The standard InChI is InChI=1S/C15H21NO5/c1-14(2,3)20-12-8-7-10(9-11(12)16(18)19)13(17)21-15(4,5)6/h7-9H,1-6H3. The normalized spacial score (nSPS) is 11.9. The van der Waals surface area contributed by atoms with E-state index in [9.17, 15) is 14.9 Å². The predicted octanol–water partition coefficient (Wildman–Crippen LogP) is 3.73. The molecule has 0 aliphatic carbocycles. The van der Waals surface area contributed by atoms with Crippen molar-refractivity contribution in [1.29, 1.82) is 0 Å². The van der Waals surface area contributed by atoms with Crippen LogP contribution in [0.5, 0.6) is 5.75 Å². The summed E-state index contributed by atoms with van der Waals surface area (Å²) in [4.78, 5) is 22.5. The second-order valence-electron chi connectivity index (χ2n) is 6.66. The number of carbonyl (C=O) groups is 1. The second-order valence-corrected chi connectivity index (χ2v) is 6.66. The molecule has 0 atom stereocenters. The Kier molecular flexibility index (Phi) is 4.61. The molecule has 0 saturated heterocycles. The number of benzene rings is 1. The van der Waals surface area contributed by atoms with E-state index in [2.05, 4.69) is 0 Å². The van der Waals surface area contributed by atoms with Crippen molar-refractivity contribution in [3.63, 3.8) is 0 Å². The second kappa shape index (κ2) is 5.71. The van der Waals surface area contributed by atoms with Gasteiger partial charge in [0.15, 0.2) is 5.75 Å². The summed E-state index contributed by atoms with van der Waals surface area (Å²) in [6, 6.07) is 4.06. The molecule has 0 fully saturated rings. The van der Waals surface area contributed by atoms with Gasteiger partial charge in [0, 0.05) is 6.07 Å². The molecule has 21 heavy (non-hydrogen) atoms. The van der Waals surface area contributed by atoms with E-state index in [0.717, 1.165) is 0 Å². The largest absolute Gasteiger partial charge is 0.481 e. The van der Waals surface area contributed by atoms with Gasteiger partial charge in [-0.1, -0.05) is 0 Å². The van der Waals surface area contributed by atoms with Crippen LogP contribution in [0, 0.1) is 10.1 Å². The zero-order chi connectivity index (χ0) is 16.4. The first-order valence-corrected chi connectivity index (χ1v) is 6.60. The molecule has 0 aliphatic heterocycles. The van der Waals surface area contributed by atoms with Crippen molar-refractivity contribution in [2.45, 2.75) is 52.7 Å². The maximum absolute atomic E-state index is 11.9. The number of hydrogen-bond acceptors (Lipinski definition) is 5. The fraction of sp³-hybridized carbons (Fsp3) is 0.533. The van der Waals surface area contributed by atoms with Crippen LogP contribution in [-0.4, -0.2) is 22.1 Å². The molecule has 1 aromatic rings. The molecule has 0 aromatic heterocycles. The first-order chi connectivity index (χ1) is 9.39. The molecule has 6 nitrogen and oxygen atoms in total. The van der Waals surface area contributed by atoms with Gasteiger partial charge in [-0.15, -0.1) is 0 Å². The lowest BCUT2D eigenvalue weighted by atomic mass is 10.1. The van der Waals surface area contributed by atoms with E-state index in [1.54, 1.807) is 41.5 Å². The highest BCUT2D eigenvalue weighted by molar-refractivity contribution is 5.90. The van der Waals surface area contributed by atoms with Crippen LogP contribution in [-0.2, 0) is 4.74 Å². The van der Waals surface area contributed by atoms with Crippen molar-refractivity contribution in [3.05, 3.63) is 33.9 Å². The van der Waals surface area contributed by atoms with Gasteiger partial charge in [-0.05, 0) is 53.7 Å². The Labute approximate surface area is 124 Å². The summed E-state index contributed by atoms with van der Waals surface area (Å²) in [6.07, 6.45) is 0. The van der Waals surface area contributed by atoms with E-state index < -0.39 is 22.1 Å². The molecular formula is C15H21NO5. The molecule has 0 radical (unpaired) electrons. The Morgan fingerprint density at radius 1 is 1.10 bits per heavy atom. The van der Waals surface area contributed by atoms with Gasteiger partial charge >= 0.3 is 11.7 Å². The van der Waals surface area contributed by atoms with Crippen molar-refractivity contribution in [2.75, 3.05) is 0 Å². The number of nitro groups is 1. The quantitative estimate of drug-likeness (QED) is 0.482. The summed E-state index contributed by atoms with van der Waals surface area (Å²) in [5, 5.41) is 11.1. The summed E-state index contributed by atoms with van der Waals surface area (Å²) in [6.45, 7) is 10.6. The third kappa shape index (κ3) is 5.41. The lowest BCUT2D eigenvalue weighted by molar-refractivity contribution is -0.386. The number of ether oxygens (including phenoxy) is 2. The van der Waals surface area contributed by atoms with Crippen molar-refractivity contribution in [2.24, 2.45) is 0 Å². The predicted molar refractivity (Wildman–Crippen MR) is 78.6 cm³/mol. The van der Waals surface area contributed by atoms with Crippen LogP contribution in [0.15, 0.2) is 18.2 Å². The van der Waals surface area contributed by atoms with Crippen molar-refractivity contribution < 1.29 is 19.2 Å². The molecule has 0 N–H and O–H groups in total. The Morgan fingerprint density at radius 2 is 1.67 bits per heavy atom. The van der Waals surface area contributed by atoms with Crippen LogP contribution in [0.1, 0.15) is 51.9 Å². The lowest BCUT2D eigenvalue weighted by Gasteiger charge is -2.22. The van der Waals surface area contributed by atoms with Crippen molar-refractivity contribution in [3.8, 4) is 5.75 Å². The smallest absolute Gasteiger partial charge is 0.338 e. The maximum atomic E-state index is 11.9. The molecule has 0 saturated carbocycles. The molecule has 0 aliphatic rings. The van der Waals surface area contributed by atoms with Crippen LogP contribution in [0.25, 0.3) is 0 Å². The summed E-state index contributed by atoms with van der Waals surface area (Å²) in [5.74, 6) is -0.479. The van der Waals surface area contributed by atoms with Crippen LogP contribution in [0.2, 0.25) is 0 Å². The zero-order valence-corrected chi connectivity index (χ0v) is 13.2. The van der Waals surface area contributed by atoms with Gasteiger partial charge in [-0.2, -0.15) is 0 Å². The van der Waals surface area contributed by atoms with Gasteiger partial charge in [-0.3, -0.25) is 10.1 Å². The molecular weight excluding hydrogens is 274 g/mol. The monoisotopic (exact) mass is 295 g/mol. The third-order valence-corrected chi connectivity index (χ3v) is 2.21. The van der Waals surface area contributed by atoms with Gasteiger partial charge in [0.05, 0.1) is 10.5 Å². The molecule has 1 rings (SSSR count). The minimum Gasteiger partial charge on any atom is -0.481 e. The Morgan fingerprint density at radius 3 is 2.10 bits per heavy atom. The molecule has 0 heterocycles. The van der Waals surface area contributed by atoms with E-state index in [4.69, 9.17) is 9.47 Å². The summed E-state index contributed by atoms with van der Waals surface area (Å²) in [5.41, 5.74) is -1.36.